The van der Waals surface area contributed by atoms with Crippen molar-refractivity contribution < 1.29 is 9.59 Å². The Kier molecular flexibility index (Phi) is 4.75. The van der Waals surface area contributed by atoms with E-state index in [2.05, 4.69) is 4.98 Å². The molecule has 0 aliphatic heterocycles. The molecule has 0 bridgehead atoms. The smallest absolute Gasteiger partial charge is 0.246 e. The highest BCUT2D eigenvalue weighted by Gasteiger charge is 2.21. The number of para-hydroxylation sites is 2. The number of benzene rings is 2. The minimum atomic E-state index is -0.201. The molecule has 0 aliphatic rings. The van der Waals surface area contributed by atoms with Crippen LogP contribution < -0.4 is 9.80 Å². The van der Waals surface area contributed by atoms with E-state index in [9.17, 15) is 9.59 Å². The van der Waals surface area contributed by atoms with Crippen LogP contribution in [0.4, 0.5) is 11.4 Å². The zero-order chi connectivity index (χ0) is 17.8. The van der Waals surface area contributed by atoms with E-state index in [1.807, 2.05) is 60.7 Å². The third-order valence-electron chi connectivity index (χ3n) is 4.09. The summed E-state index contributed by atoms with van der Waals surface area (Å²) in [5, 5.41) is 0.926. The average molecular weight is 333 g/mol. The van der Waals surface area contributed by atoms with Gasteiger partial charge in [-0.3, -0.25) is 14.6 Å². The first kappa shape index (κ1) is 16.6. The molecule has 5 heteroatoms. The molecule has 0 atom stereocenters. The summed E-state index contributed by atoms with van der Waals surface area (Å²) in [5.41, 5.74) is 2.13. The fourth-order valence-electron chi connectivity index (χ4n) is 2.71. The van der Waals surface area contributed by atoms with Crippen LogP contribution in [0.25, 0.3) is 10.9 Å². The maximum absolute atomic E-state index is 12.7. The molecule has 0 spiro atoms. The molecule has 0 aliphatic carbocycles. The summed E-state index contributed by atoms with van der Waals surface area (Å²) in [6.45, 7) is 1.41. The van der Waals surface area contributed by atoms with Gasteiger partial charge in [0.05, 0.1) is 11.2 Å². The third kappa shape index (κ3) is 3.50. The Morgan fingerprint density at radius 3 is 2.40 bits per heavy atom. The highest BCUT2D eigenvalue weighted by molar-refractivity contribution is 6.06. The Morgan fingerprint density at radius 2 is 1.68 bits per heavy atom. The van der Waals surface area contributed by atoms with Gasteiger partial charge in [0.2, 0.25) is 11.8 Å². The van der Waals surface area contributed by atoms with Gasteiger partial charge < -0.3 is 9.80 Å². The molecular formula is C20H19N3O2. The van der Waals surface area contributed by atoms with Crippen LogP contribution in [0.15, 0.2) is 66.9 Å². The summed E-state index contributed by atoms with van der Waals surface area (Å²) >= 11 is 0. The average Bonchev–Trinajstić information content (AvgIpc) is 2.65. The minimum absolute atomic E-state index is 0.0452. The minimum Gasteiger partial charge on any atom is -0.314 e. The van der Waals surface area contributed by atoms with Crippen molar-refractivity contribution in [1.82, 2.24) is 4.98 Å². The summed E-state index contributed by atoms with van der Waals surface area (Å²) < 4.78 is 0. The van der Waals surface area contributed by atoms with Crippen molar-refractivity contribution in [3.63, 3.8) is 0 Å². The van der Waals surface area contributed by atoms with Crippen molar-refractivity contribution in [2.45, 2.75) is 6.92 Å². The molecule has 126 valence electrons. The van der Waals surface area contributed by atoms with Crippen molar-refractivity contribution in [3.8, 4) is 0 Å². The quantitative estimate of drug-likeness (QED) is 0.736. The fourth-order valence-corrected chi connectivity index (χ4v) is 2.71. The van der Waals surface area contributed by atoms with Gasteiger partial charge in [-0.2, -0.15) is 0 Å². The van der Waals surface area contributed by atoms with E-state index in [0.717, 1.165) is 11.1 Å². The van der Waals surface area contributed by atoms with E-state index in [0.29, 0.717) is 11.2 Å². The third-order valence-corrected chi connectivity index (χ3v) is 4.09. The van der Waals surface area contributed by atoms with E-state index >= 15 is 0 Å². The van der Waals surface area contributed by atoms with Crippen molar-refractivity contribution in [3.05, 3.63) is 66.9 Å². The maximum Gasteiger partial charge on any atom is 0.246 e. The van der Waals surface area contributed by atoms with Gasteiger partial charge >= 0.3 is 0 Å². The Labute approximate surface area is 146 Å². The van der Waals surface area contributed by atoms with Crippen LogP contribution in [0.3, 0.4) is 0 Å². The number of fused-ring (bicyclic) bond motifs is 1. The lowest BCUT2D eigenvalue weighted by molar-refractivity contribution is -0.121. The number of nitrogens with zero attached hydrogens (tertiary/aromatic N) is 3. The largest absolute Gasteiger partial charge is 0.314 e. The van der Waals surface area contributed by atoms with Crippen molar-refractivity contribution >= 4 is 34.1 Å². The SMILES string of the molecule is CC(=O)N(CC(=O)N(C)c1ccccc1)c1cccc2cccnc12. The Hall–Kier alpha value is -3.21. The second-order valence-corrected chi connectivity index (χ2v) is 5.75. The van der Waals surface area contributed by atoms with Gasteiger partial charge in [-0.05, 0) is 24.3 Å². The van der Waals surface area contributed by atoms with Gasteiger partial charge in [-0.15, -0.1) is 0 Å². The van der Waals surface area contributed by atoms with Crippen LogP contribution in [0.5, 0.6) is 0 Å². The molecular weight excluding hydrogens is 314 g/mol. The molecule has 2 amide bonds. The number of hydrogen-bond donors (Lipinski definition) is 0. The van der Waals surface area contributed by atoms with Crippen LogP contribution >= 0.6 is 0 Å². The summed E-state index contributed by atoms with van der Waals surface area (Å²) in [7, 11) is 1.71. The van der Waals surface area contributed by atoms with Gasteiger partial charge in [-0.1, -0.05) is 36.4 Å². The zero-order valence-electron chi connectivity index (χ0n) is 14.2. The van der Waals surface area contributed by atoms with Gasteiger partial charge in [0.1, 0.15) is 6.54 Å². The number of anilines is 2. The Bertz CT molecular complexity index is 904. The number of hydrogen-bond acceptors (Lipinski definition) is 3. The summed E-state index contributed by atoms with van der Waals surface area (Å²) in [6, 6.07) is 18.7. The molecule has 2 aromatic carbocycles. The van der Waals surface area contributed by atoms with E-state index in [4.69, 9.17) is 0 Å². The molecule has 3 rings (SSSR count). The first-order valence-corrected chi connectivity index (χ1v) is 8.01. The predicted molar refractivity (Wildman–Crippen MR) is 99.6 cm³/mol. The van der Waals surface area contributed by atoms with Crippen molar-refractivity contribution in [2.75, 3.05) is 23.4 Å². The number of carbonyl (C=O) groups excluding carboxylic acids is 2. The second kappa shape index (κ2) is 7.13. The van der Waals surface area contributed by atoms with Gasteiger partial charge in [0.25, 0.3) is 0 Å². The Morgan fingerprint density at radius 1 is 0.960 bits per heavy atom. The molecule has 0 fully saturated rings. The first-order chi connectivity index (χ1) is 12.1. The lowest BCUT2D eigenvalue weighted by atomic mass is 10.1. The highest BCUT2D eigenvalue weighted by Crippen LogP contribution is 2.25. The second-order valence-electron chi connectivity index (χ2n) is 5.75. The van der Waals surface area contributed by atoms with Gasteiger partial charge in [0.15, 0.2) is 0 Å². The van der Waals surface area contributed by atoms with E-state index in [1.54, 1.807) is 18.1 Å². The van der Waals surface area contributed by atoms with Crippen molar-refractivity contribution in [2.24, 2.45) is 0 Å². The predicted octanol–water partition coefficient (Wildman–Crippen LogP) is 3.25. The number of rotatable bonds is 4. The maximum atomic E-state index is 12.7. The molecule has 0 saturated heterocycles. The number of aromatic nitrogens is 1. The summed E-state index contributed by atoms with van der Waals surface area (Å²) in [4.78, 5) is 32.3. The van der Waals surface area contributed by atoms with E-state index < -0.39 is 0 Å². The zero-order valence-corrected chi connectivity index (χ0v) is 14.2. The monoisotopic (exact) mass is 333 g/mol. The first-order valence-electron chi connectivity index (χ1n) is 8.01. The molecule has 0 N–H and O–H groups in total. The van der Waals surface area contributed by atoms with Crippen LogP contribution in [0.1, 0.15) is 6.92 Å². The summed E-state index contributed by atoms with van der Waals surface area (Å²) in [5.74, 6) is -0.373. The molecule has 25 heavy (non-hydrogen) atoms. The topological polar surface area (TPSA) is 53.5 Å². The molecule has 1 heterocycles. The number of likely N-dealkylation sites (N-methyl/N-ethyl adjacent to an activating group) is 1. The summed E-state index contributed by atoms with van der Waals surface area (Å²) in [6.07, 6.45) is 1.68. The molecule has 1 aromatic heterocycles. The van der Waals surface area contributed by atoms with Crippen LogP contribution in [-0.2, 0) is 9.59 Å². The fraction of sp³-hybridized carbons (Fsp3) is 0.150. The van der Waals surface area contributed by atoms with Gasteiger partial charge in [-0.25, -0.2) is 0 Å². The number of carbonyl (C=O) groups is 2. The van der Waals surface area contributed by atoms with Crippen LogP contribution in [-0.4, -0.2) is 30.4 Å². The molecule has 0 saturated carbocycles. The Balaban J connectivity index is 1.92. The molecule has 0 unspecified atom stereocenters. The lowest BCUT2D eigenvalue weighted by Gasteiger charge is -2.25. The number of pyridine rings is 1. The highest BCUT2D eigenvalue weighted by atomic mass is 16.2. The molecule has 5 nitrogen and oxygen atoms in total. The molecule has 3 aromatic rings. The van der Waals surface area contributed by atoms with Gasteiger partial charge in [0, 0.05) is 31.2 Å². The van der Waals surface area contributed by atoms with E-state index in [1.165, 1.54) is 11.8 Å². The molecule has 0 radical (unpaired) electrons. The normalized spacial score (nSPS) is 10.5. The number of amides is 2. The van der Waals surface area contributed by atoms with E-state index in [-0.39, 0.29) is 18.4 Å². The van der Waals surface area contributed by atoms with Crippen molar-refractivity contribution in [1.29, 1.82) is 0 Å². The lowest BCUT2D eigenvalue weighted by Crippen LogP contribution is -2.41. The van der Waals surface area contributed by atoms with Crippen LogP contribution in [0.2, 0.25) is 0 Å². The van der Waals surface area contributed by atoms with Crippen LogP contribution in [0, 0.1) is 0 Å². The standard InChI is InChI=1S/C20H19N3O2/c1-15(24)23(14-19(25)22(2)17-10-4-3-5-11-17)18-12-6-8-16-9-7-13-21-20(16)18/h3-13H,14H2,1-2H3.